The van der Waals surface area contributed by atoms with Gasteiger partial charge in [-0.05, 0) is 37.1 Å². The summed E-state index contributed by atoms with van der Waals surface area (Å²) in [5.41, 5.74) is 0.689. The molecule has 25 heavy (non-hydrogen) atoms. The predicted octanol–water partition coefficient (Wildman–Crippen LogP) is 3.15. The molecule has 2 aromatic rings. The first kappa shape index (κ1) is 18.2. The number of rotatable bonds is 7. The molecule has 1 aromatic carbocycles. The summed E-state index contributed by atoms with van der Waals surface area (Å²) in [4.78, 5) is 12.4. The predicted molar refractivity (Wildman–Crippen MR) is 98.1 cm³/mol. The molecule has 8 heteroatoms. The molecule has 6 nitrogen and oxygen atoms in total. The molecule has 0 bridgehead atoms. The quantitative estimate of drug-likeness (QED) is 0.743. The molecule has 1 N–H and O–H groups in total. The molecule has 1 aliphatic rings. The highest BCUT2D eigenvalue weighted by Gasteiger charge is 2.15. The lowest BCUT2D eigenvalue weighted by Crippen LogP contribution is -2.23. The van der Waals surface area contributed by atoms with E-state index in [1.165, 1.54) is 10.9 Å². The van der Waals surface area contributed by atoms with Gasteiger partial charge in [-0.15, -0.1) is 0 Å². The summed E-state index contributed by atoms with van der Waals surface area (Å²) in [6, 6.07) is 6.80. The van der Waals surface area contributed by atoms with E-state index in [0.29, 0.717) is 36.2 Å². The van der Waals surface area contributed by atoms with Crippen LogP contribution in [0.3, 0.4) is 0 Å². The Bertz CT molecular complexity index is 759. The summed E-state index contributed by atoms with van der Waals surface area (Å²) in [5, 5.41) is 7.90. The Morgan fingerprint density at radius 1 is 1.32 bits per heavy atom. The molecule has 0 aliphatic carbocycles. The number of nitrogens with zero attached hydrogens (tertiary/aromatic N) is 2. The number of anilines is 1. The Balaban J connectivity index is 1.56. The third-order valence-electron chi connectivity index (χ3n) is 3.88. The number of hydrogen-bond acceptors (Lipinski definition) is 5. The molecule has 1 unspecified atom stereocenters. The summed E-state index contributed by atoms with van der Waals surface area (Å²) >= 11 is 12.0. The smallest absolute Gasteiger partial charge is 0.292 e. The summed E-state index contributed by atoms with van der Waals surface area (Å²) in [5.74, 6) is 0. The Hall–Kier alpha value is -1.60. The fourth-order valence-electron chi connectivity index (χ4n) is 2.57. The van der Waals surface area contributed by atoms with Gasteiger partial charge >= 0.3 is 0 Å². The number of benzene rings is 1. The van der Waals surface area contributed by atoms with Crippen molar-refractivity contribution in [1.29, 1.82) is 0 Å². The maximum atomic E-state index is 12.4. The Kier molecular flexibility index (Phi) is 6.31. The van der Waals surface area contributed by atoms with Crippen LogP contribution in [0.1, 0.15) is 12.8 Å². The Morgan fingerprint density at radius 3 is 2.84 bits per heavy atom. The van der Waals surface area contributed by atoms with Crippen LogP contribution in [-0.2, 0) is 9.47 Å². The third-order valence-corrected chi connectivity index (χ3v) is 4.50. The van der Waals surface area contributed by atoms with Crippen LogP contribution in [0.5, 0.6) is 0 Å². The third kappa shape index (κ3) is 4.73. The molecule has 134 valence electrons. The van der Waals surface area contributed by atoms with Gasteiger partial charge < -0.3 is 14.8 Å². The second-order valence-corrected chi connectivity index (χ2v) is 6.52. The molecule has 0 radical (unpaired) electrons. The lowest BCUT2D eigenvalue weighted by Gasteiger charge is -2.12. The standard InChI is InChI=1S/C17H19Cl2N3O3/c18-12-3-5-13(6-4-12)22-17(23)16(19)15(10-21-22)20-7-9-24-11-14-2-1-8-25-14/h3-6,10,14,20H,1-2,7-9,11H2. The van der Waals surface area contributed by atoms with Crippen LogP contribution in [0.2, 0.25) is 10.0 Å². The molecule has 0 amide bonds. The average Bonchev–Trinajstić information content (AvgIpc) is 3.13. The Labute approximate surface area is 155 Å². The maximum Gasteiger partial charge on any atom is 0.292 e. The number of nitrogens with one attached hydrogen (secondary N) is 1. The molecule has 2 heterocycles. The molecule has 1 fully saturated rings. The second kappa shape index (κ2) is 8.67. The lowest BCUT2D eigenvalue weighted by molar-refractivity contribution is 0.0206. The van der Waals surface area contributed by atoms with E-state index in [0.717, 1.165) is 19.4 Å². The summed E-state index contributed by atoms with van der Waals surface area (Å²) in [6.45, 7) is 2.43. The molecule has 1 atom stereocenters. The van der Waals surface area contributed by atoms with Crippen molar-refractivity contribution >= 4 is 28.9 Å². The van der Waals surface area contributed by atoms with Gasteiger partial charge in [0.1, 0.15) is 5.02 Å². The number of halogens is 2. The average molecular weight is 384 g/mol. The van der Waals surface area contributed by atoms with Crippen molar-refractivity contribution in [2.75, 3.05) is 31.7 Å². The summed E-state index contributed by atoms with van der Waals surface area (Å²) in [7, 11) is 0. The van der Waals surface area contributed by atoms with Gasteiger partial charge in [0.05, 0.1) is 36.9 Å². The molecule has 3 rings (SSSR count). The normalized spacial score (nSPS) is 17.0. The van der Waals surface area contributed by atoms with Crippen molar-refractivity contribution in [1.82, 2.24) is 9.78 Å². The largest absolute Gasteiger partial charge is 0.380 e. The van der Waals surface area contributed by atoms with Crippen LogP contribution < -0.4 is 10.9 Å². The molecule has 1 aliphatic heterocycles. The SMILES string of the molecule is O=c1c(Cl)c(NCCOCC2CCCO2)cnn1-c1ccc(Cl)cc1. The summed E-state index contributed by atoms with van der Waals surface area (Å²) in [6.07, 6.45) is 3.87. The van der Waals surface area contributed by atoms with E-state index in [-0.39, 0.29) is 11.1 Å². The first-order chi connectivity index (χ1) is 12.1. The number of ether oxygens (including phenoxy) is 2. The molecule has 1 saturated heterocycles. The van der Waals surface area contributed by atoms with Crippen molar-refractivity contribution in [3.05, 3.63) is 50.9 Å². The van der Waals surface area contributed by atoms with Gasteiger partial charge in [0.2, 0.25) is 0 Å². The number of aromatic nitrogens is 2. The zero-order chi connectivity index (χ0) is 17.6. The highest BCUT2D eigenvalue weighted by atomic mass is 35.5. The number of hydrogen-bond donors (Lipinski definition) is 1. The van der Waals surface area contributed by atoms with Gasteiger partial charge in [0, 0.05) is 18.2 Å². The van der Waals surface area contributed by atoms with Crippen LogP contribution in [0.15, 0.2) is 35.3 Å². The van der Waals surface area contributed by atoms with E-state index in [1.54, 1.807) is 24.3 Å². The van der Waals surface area contributed by atoms with Crippen molar-refractivity contribution in [3.63, 3.8) is 0 Å². The topological polar surface area (TPSA) is 65.4 Å². The first-order valence-electron chi connectivity index (χ1n) is 8.12. The van der Waals surface area contributed by atoms with Crippen LogP contribution in [0.4, 0.5) is 5.69 Å². The van der Waals surface area contributed by atoms with E-state index >= 15 is 0 Å². The zero-order valence-corrected chi connectivity index (χ0v) is 15.1. The van der Waals surface area contributed by atoms with E-state index in [1.807, 2.05) is 0 Å². The highest BCUT2D eigenvalue weighted by Crippen LogP contribution is 2.17. The fraction of sp³-hybridized carbons (Fsp3) is 0.412. The van der Waals surface area contributed by atoms with Gasteiger partial charge in [0.15, 0.2) is 0 Å². The van der Waals surface area contributed by atoms with Gasteiger partial charge in [-0.25, -0.2) is 0 Å². The lowest BCUT2D eigenvalue weighted by atomic mass is 10.2. The molecule has 1 aromatic heterocycles. The maximum absolute atomic E-state index is 12.4. The van der Waals surface area contributed by atoms with Crippen molar-refractivity contribution in [2.45, 2.75) is 18.9 Å². The molecule has 0 saturated carbocycles. The van der Waals surface area contributed by atoms with E-state index < -0.39 is 5.56 Å². The molecular weight excluding hydrogens is 365 g/mol. The minimum Gasteiger partial charge on any atom is -0.380 e. The zero-order valence-electron chi connectivity index (χ0n) is 13.6. The van der Waals surface area contributed by atoms with E-state index in [4.69, 9.17) is 32.7 Å². The molecule has 0 spiro atoms. The van der Waals surface area contributed by atoms with Crippen molar-refractivity contribution in [3.8, 4) is 5.69 Å². The minimum atomic E-state index is -0.394. The van der Waals surface area contributed by atoms with Crippen LogP contribution in [0.25, 0.3) is 5.69 Å². The van der Waals surface area contributed by atoms with Crippen molar-refractivity contribution in [2.24, 2.45) is 0 Å². The van der Waals surface area contributed by atoms with Gasteiger partial charge in [-0.3, -0.25) is 4.79 Å². The van der Waals surface area contributed by atoms with Crippen LogP contribution >= 0.6 is 23.2 Å². The first-order valence-corrected chi connectivity index (χ1v) is 8.88. The Morgan fingerprint density at radius 2 is 2.12 bits per heavy atom. The highest BCUT2D eigenvalue weighted by molar-refractivity contribution is 6.33. The van der Waals surface area contributed by atoms with E-state index in [9.17, 15) is 4.79 Å². The minimum absolute atomic E-state index is 0.0871. The monoisotopic (exact) mass is 383 g/mol. The van der Waals surface area contributed by atoms with Gasteiger partial charge in [0.25, 0.3) is 5.56 Å². The fourth-order valence-corrected chi connectivity index (χ4v) is 2.89. The second-order valence-electron chi connectivity index (χ2n) is 5.70. The van der Waals surface area contributed by atoms with E-state index in [2.05, 4.69) is 10.4 Å². The van der Waals surface area contributed by atoms with Crippen molar-refractivity contribution < 1.29 is 9.47 Å². The van der Waals surface area contributed by atoms with Crippen LogP contribution in [0, 0.1) is 0 Å². The van der Waals surface area contributed by atoms with Gasteiger partial charge in [-0.2, -0.15) is 9.78 Å². The van der Waals surface area contributed by atoms with Gasteiger partial charge in [-0.1, -0.05) is 23.2 Å². The summed E-state index contributed by atoms with van der Waals surface area (Å²) < 4.78 is 12.3. The molecular formula is C17H19Cl2N3O3. The van der Waals surface area contributed by atoms with Crippen LogP contribution in [-0.4, -0.2) is 42.2 Å².